The van der Waals surface area contributed by atoms with Gasteiger partial charge in [-0.25, -0.2) is 9.07 Å². The highest BCUT2D eigenvalue weighted by Crippen LogP contribution is 2.18. The zero-order valence-electron chi connectivity index (χ0n) is 10.9. The Morgan fingerprint density at radius 1 is 1.33 bits per heavy atom. The number of para-hydroxylation sites is 1. The summed E-state index contributed by atoms with van der Waals surface area (Å²) in [4.78, 5) is 0. The minimum Gasteiger partial charge on any atom is -0.310 e. The second-order valence-electron chi connectivity index (χ2n) is 4.68. The first-order valence-corrected chi connectivity index (χ1v) is 6.11. The zero-order chi connectivity index (χ0) is 13.1. The molecule has 3 nitrogen and oxygen atoms in total. The lowest BCUT2D eigenvalue weighted by molar-refractivity contribution is 0.572. The van der Waals surface area contributed by atoms with Crippen molar-refractivity contribution >= 4 is 0 Å². The summed E-state index contributed by atoms with van der Waals surface area (Å²) < 4.78 is 15.6. The molecule has 0 saturated heterocycles. The van der Waals surface area contributed by atoms with E-state index >= 15 is 0 Å². The maximum atomic E-state index is 14.0. The van der Waals surface area contributed by atoms with Gasteiger partial charge < -0.3 is 5.32 Å². The van der Waals surface area contributed by atoms with Gasteiger partial charge in [-0.05, 0) is 24.6 Å². The Hall–Kier alpha value is -1.68. The van der Waals surface area contributed by atoms with Crippen molar-refractivity contribution in [3.05, 3.63) is 47.5 Å². The minimum atomic E-state index is -0.249. The van der Waals surface area contributed by atoms with E-state index in [9.17, 15) is 4.39 Å². The average molecular weight is 247 g/mol. The van der Waals surface area contributed by atoms with Crippen LogP contribution in [0.5, 0.6) is 0 Å². The van der Waals surface area contributed by atoms with E-state index < -0.39 is 0 Å². The molecule has 0 atom stereocenters. The van der Waals surface area contributed by atoms with Gasteiger partial charge >= 0.3 is 0 Å². The van der Waals surface area contributed by atoms with Crippen LogP contribution in [0.15, 0.2) is 30.5 Å². The normalized spacial score (nSPS) is 11.2. The zero-order valence-corrected chi connectivity index (χ0v) is 10.9. The van der Waals surface area contributed by atoms with Gasteiger partial charge in [0.25, 0.3) is 0 Å². The van der Waals surface area contributed by atoms with Crippen molar-refractivity contribution in [3.63, 3.8) is 0 Å². The number of nitrogens with one attached hydrogen (secondary N) is 1. The lowest BCUT2D eigenvalue weighted by Gasteiger charge is -2.13. The SMILES string of the molecule is Cc1ccn(-c2c(F)cccc2CNC(C)C)n1. The molecule has 96 valence electrons. The molecule has 0 aliphatic rings. The maximum Gasteiger partial charge on any atom is 0.149 e. The topological polar surface area (TPSA) is 29.9 Å². The van der Waals surface area contributed by atoms with Gasteiger partial charge in [0.1, 0.15) is 11.5 Å². The van der Waals surface area contributed by atoms with Gasteiger partial charge in [0, 0.05) is 18.8 Å². The van der Waals surface area contributed by atoms with Crippen molar-refractivity contribution in [2.24, 2.45) is 0 Å². The van der Waals surface area contributed by atoms with Crippen LogP contribution in [0.2, 0.25) is 0 Å². The van der Waals surface area contributed by atoms with Crippen LogP contribution in [0.1, 0.15) is 25.1 Å². The third-order valence-electron chi connectivity index (χ3n) is 2.72. The summed E-state index contributed by atoms with van der Waals surface area (Å²) in [6.07, 6.45) is 1.78. The van der Waals surface area contributed by atoms with Gasteiger partial charge in [-0.15, -0.1) is 0 Å². The summed E-state index contributed by atoms with van der Waals surface area (Å²) in [5, 5.41) is 7.58. The Labute approximate surface area is 107 Å². The fourth-order valence-electron chi connectivity index (χ4n) is 1.81. The molecule has 0 unspecified atom stereocenters. The van der Waals surface area contributed by atoms with Crippen molar-refractivity contribution in [1.29, 1.82) is 0 Å². The lowest BCUT2D eigenvalue weighted by Crippen LogP contribution is -2.23. The third kappa shape index (κ3) is 2.76. The Bertz CT molecular complexity index is 532. The molecule has 0 radical (unpaired) electrons. The van der Waals surface area contributed by atoms with Crippen LogP contribution in [0.3, 0.4) is 0 Å². The van der Waals surface area contributed by atoms with E-state index in [-0.39, 0.29) is 5.82 Å². The molecule has 0 fully saturated rings. The van der Waals surface area contributed by atoms with E-state index in [1.165, 1.54) is 6.07 Å². The molecule has 18 heavy (non-hydrogen) atoms. The molecule has 2 rings (SSSR count). The highest BCUT2D eigenvalue weighted by molar-refractivity contribution is 5.42. The second kappa shape index (κ2) is 5.31. The van der Waals surface area contributed by atoms with E-state index in [0.29, 0.717) is 18.3 Å². The molecule has 1 aromatic heterocycles. The van der Waals surface area contributed by atoms with Gasteiger partial charge in [0.15, 0.2) is 0 Å². The number of aryl methyl sites for hydroxylation is 1. The maximum absolute atomic E-state index is 14.0. The van der Waals surface area contributed by atoms with Crippen molar-refractivity contribution in [2.75, 3.05) is 0 Å². The Morgan fingerprint density at radius 3 is 2.72 bits per heavy atom. The first kappa shape index (κ1) is 12.8. The number of aromatic nitrogens is 2. The molecular formula is C14H18FN3. The van der Waals surface area contributed by atoms with E-state index in [2.05, 4.69) is 24.3 Å². The molecule has 4 heteroatoms. The molecule has 0 spiro atoms. The Balaban J connectivity index is 2.38. The van der Waals surface area contributed by atoms with Crippen molar-refractivity contribution in [3.8, 4) is 5.69 Å². The summed E-state index contributed by atoms with van der Waals surface area (Å²) in [7, 11) is 0. The summed E-state index contributed by atoms with van der Waals surface area (Å²) in [5.41, 5.74) is 2.31. The van der Waals surface area contributed by atoms with Gasteiger partial charge in [0.05, 0.1) is 5.69 Å². The predicted octanol–water partition coefficient (Wildman–Crippen LogP) is 2.82. The molecule has 2 aromatic rings. The summed E-state index contributed by atoms with van der Waals surface area (Å²) in [6, 6.07) is 7.34. The van der Waals surface area contributed by atoms with Crippen molar-refractivity contribution in [1.82, 2.24) is 15.1 Å². The van der Waals surface area contributed by atoms with Crippen LogP contribution in [0.25, 0.3) is 5.69 Å². The molecule has 1 heterocycles. The van der Waals surface area contributed by atoms with Crippen LogP contribution in [0, 0.1) is 12.7 Å². The minimum absolute atomic E-state index is 0.249. The monoisotopic (exact) mass is 247 g/mol. The Kier molecular flexibility index (Phi) is 3.77. The smallest absolute Gasteiger partial charge is 0.149 e. The second-order valence-corrected chi connectivity index (χ2v) is 4.68. The highest BCUT2D eigenvalue weighted by Gasteiger charge is 2.11. The predicted molar refractivity (Wildman–Crippen MR) is 70.2 cm³/mol. The fourth-order valence-corrected chi connectivity index (χ4v) is 1.81. The summed E-state index contributed by atoms with van der Waals surface area (Å²) >= 11 is 0. The lowest BCUT2D eigenvalue weighted by atomic mass is 10.1. The third-order valence-corrected chi connectivity index (χ3v) is 2.72. The van der Waals surface area contributed by atoms with E-state index in [1.54, 1.807) is 16.9 Å². The fraction of sp³-hybridized carbons (Fsp3) is 0.357. The van der Waals surface area contributed by atoms with E-state index in [1.807, 2.05) is 19.1 Å². The number of benzene rings is 1. The highest BCUT2D eigenvalue weighted by atomic mass is 19.1. The number of nitrogens with zero attached hydrogens (tertiary/aromatic N) is 2. The quantitative estimate of drug-likeness (QED) is 0.900. The standard InChI is InChI=1S/C14H18FN3/c1-10(2)16-9-12-5-4-6-13(15)14(12)18-8-7-11(3)17-18/h4-8,10,16H,9H2,1-3H3. The number of halogens is 1. The van der Waals surface area contributed by atoms with Crippen LogP contribution < -0.4 is 5.32 Å². The van der Waals surface area contributed by atoms with E-state index in [0.717, 1.165) is 11.3 Å². The number of hydrogen-bond donors (Lipinski definition) is 1. The van der Waals surface area contributed by atoms with Crippen LogP contribution >= 0.6 is 0 Å². The van der Waals surface area contributed by atoms with Crippen molar-refractivity contribution in [2.45, 2.75) is 33.4 Å². The van der Waals surface area contributed by atoms with Gasteiger partial charge in [-0.2, -0.15) is 5.10 Å². The number of hydrogen-bond acceptors (Lipinski definition) is 2. The molecule has 0 aliphatic carbocycles. The summed E-state index contributed by atoms with van der Waals surface area (Å²) in [6.45, 7) is 6.65. The Morgan fingerprint density at radius 2 is 2.11 bits per heavy atom. The molecule has 1 N–H and O–H groups in total. The first-order valence-electron chi connectivity index (χ1n) is 6.11. The van der Waals surface area contributed by atoms with Crippen LogP contribution in [0.4, 0.5) is 4.39 Å². The van der Waals surface area contributed by atoms with Crippen LogP contribution in [-0.4, -0.2) is 15.8 Å². The van der Waals surface area contributed by atoms with Gasteiger partial charge in [-0.3, -0.25) is 0 Å². The van der Waals surface area contributed by atoms with Crippen LogP contribution in [-0.2, 0) is 6.54 Å². The van der Waals surface area contributed by atoms with Gasteiger partial charge in [-0.1, -0.05) is 26.0 Å². The molecule has 0 aliphatic heterocycles. The van der Waals surface area contributed by atoms with E-state index in [4.69, 9.17) is 0 Å². The average Bonchev–Trinajstić information content (AvgIpc) is 2.72. The summed E-state index contributed by atoms with van der Waals surface area (Å²) in [5.74, 6) is -0.249. The molecule has 0 bridgehead atoms. The largest absolute Gasteiger partial charge is 0.310 e. The van der Waals surface area contributed by atoms with Crippen molar-refractivity contribution < 1.29 is 4.39 Å². The molecule has 1 aromatic carbocycles. The molecule has 0 amide bonds. The first-order chi connectivity index (χ1) is 8.58. The number of rotatable bonds is 4. The van der Waals surface area contributed by atoms with Gasteiger partial charge in [0.2, 0.25) is 0 Å². The molecule has 0 saturated carbocycles. The molecular weight excluding hydrogens is 229 g/mol.